The topological polar surface area (TPSA) is 3.24 Å². The van der Waals surface area contributed by atoms with Crippen LogP contribution in [0.15, 0.2) is 36.4 Å². The van der Waals surface area contributed by atoms with Crippen LogP contribution in [0.1, 0.15) is 63.9 Å². The number of benzene rings is 2. The van der Waals surface area contributed by atoms with Gasteiger partial charge in [0.05, 0.1) is 5.69 Å². The Morgan fingerprint density at radius 2 is 1.48 bits per heavy atom. The van der Waals surface area contributed by atoms with Gasteiger partial charge in [0.2, 0.25) is 0 Å². The first-order chi connectivity index (χ1) is 11.3. The lowest BCUT2D eigenvalue weighted by Gasteiger charge is -2.19. The Kier molecular flexibility index (Phi) is 5.66. The molecule has 0 spiro atoms. The number of rotatable bonds is 9. The molecule has 1 aliphatic heterocycles. The lowest BCUT2D eigenvalue weighted by Crippen LogP contribution is -2.26. The number of unbranched alkanes of at least 4 members (excludes halogenated alkanes) is 7. The molecule has 2 aromatic rings. The first kappa shape index (κ1) is 16.4. The van der Waals surface area contributed by atoms with E-state index in [2.05, 4.69) is 48.2 Å². The van der Waals surface area contributed by atoms with Gasteiger partial charge in [0, 0.05) is 17.5 Å². The maximum Gasteiger partial charge on any atom is 0.114 e. The first-order valence-corrected chi connectivity index (χ1v) is 9.57. The van der Waals surface area contributed by atoms with Gasteiger partial charge in [-0.2, -0.15) is 0 Å². The van der Waals surface area contributed by atoms with Crippen molar-refractivity contribution in [1.82, 2.24) is 0 Å². The molecule has 1 aliphatic rings. The van der Waals surface area contributed by atoms with E-state index in [4.69, 9.17) is 12.2 Å². The second kappa shape index (κ2) is 7.92. The Balaban J connectivity index is 1.53. The standard InChI is InChI=1S/C21H27NS/c1-2-3-4-5-6-7-8-9-16-22-19-15-11-13-17-12-10-14-18(20(17)19)21(22)23/h10-15H,2-9,16H2,1H3. The molecule has 0 amide bonds. The van der Waals surface area contributed by atoms with E-state index in [9.17, 15) is 0 Å². The maximum absolute atomic E-state index is 5.73. The molecule has 1 heterocycles. The van der Waals surface area contributed by atoms with Crippen molar-refractivity contribution in [1.29, 1.82) is 0 Å². The third kappa shape index (κ3) is 3.58. The van der Waals surface area contributed by atoms with Crippen LogP contribution in [0.5, 0.6) is 0 Å². The van der Waals surface area contributed by atoms with Gasteiger partial charge >= 0.3 is 0 Å². The molecule has 122 valence electrons. The predicted molar refractivity (Wildman–Crippen MR) is 106 cm³/mol. The van der Waals surface area contributed by atoms with Gasteiger partial charge in [0.15, 0.2) is 0 Å². The predicted octanol–water partition coefficient (Wildman–Crippen LogP) is 6.48. The monoisotopic (exact) mass is 325 g/mol. The molecule has 0 fully saturated rings. The summed E-state index contributed by atoms with van der Waals surface area (Å²) >= 11 is 5.73. The Bertz CT molecular complexity index is 671. The molecule has 0 saturated carbocycles. The fourth-order valence-electron chi connectivity index (χ4n) is 3.60. The fraction of sp³-hybridized carbons (Fsp3) is 0.476. The Labute approximate surface area is 145 Å². The summed E-state index contributed by atoms with van der Waals surface area (Å²) in [6.07, 6.45) is 10.8. The maximum atomic E-state index is 5.73. The normalized spacial score (nSPS) is 13.3. The van der Waals surface area contributed by atoms with Crippen LogP contribution in [-0.2, 0) is 0 Å². The lowest BCUT2D eigenvalue weighted by molar-refractivity contribution is 0.578. The van der Waals surface area contributed by atoms with Crippen LogP contribution in [0.25, 0.3) is 10.8 Å². The van der Waals surface area contributed by atoms with E-state index in [1.54, 1.807) is 0 Å². The van der Waals surface area contributed by atoms with Gasteiger partial charge in [0.25, 0.3) is 0 Å². The lowest BCUT2D eigenvalue weighted by atomic mass is 10.1. The highest BCUT2D eigenvalue weighted by Gasteiger charge is 2.25. The highest BCUT2D eigenvalue weighted by Crippen LogP contribution is 2.37. The number of hydrogen-bond acceptors (Lipinski definition) is 1. The van der Waals surface area contributed by atoms with E-state index >= 15 is 0 Å². The third-order valence-corrected chi connectivity index (χ3v) is 5.32. The smallest absolute Gasteiger partial charge is 0.114 e. The zero-order valence-corrected chi connectivity index (χ0v) is 15.0. The number of thiocarbonyl (C=S) groups is 1. The molecule has 0 N–H and O–H groups in total. The van der Waals surface area contributed by atoms with Crippen molar-refractivity contribution in [3.8, 4) is 0 Å². The molecule has 0 radical (unpaired) electrons. The molecular weight excluding hydrogens is 298 g/mol. The molecule has 0 atom stereocenters. The molecule has 0 bridgehead atoms. The molecule has 2 heteroatoms. The first-order valence-electron chi connectivity index (χ1n) is 9.16. The van der Waals surface area contributed by atoms with Crippen molar-refractivity contribution < 1.29 is 0 Å². The third-order valence-electron chi connectivity index (χ3n) is 4.88. The van der Waals surface area contributed by atoms with Gasteiger partial charge in [0.1, 0.15) is 4.99 Å². The van der Waals surface area contributed by atoms with Crippen LogP contribution in [0, 0.1) is 0 Å². The zero-order chi connectivity index (χ0) is 16.1. The van der Waals surface area contributed by atoms with E-state index in [1.165, 1.54) is 73.4 Å². The van der Waals surface area contributed by atoms with Gasteiger partial charge in [-0.15, -0.1) is 0 Å². The molecule has 0 aromatic heterocycles. The van der Waals surface area contributed by atoms with Crippen LogP contribution >= 0.6 is 12.2 Å². The zero-order valence-electron chi connectivity index (χ0n) is 14.2. The van der Waals surface area contributed by atoms with E-state index in [-0.39, 0.29) is 0 Å². The summed E-state index contributed by atoms with van der Waals surface area (Å²) in [5.41, 5.74) is 2.55. The molecule has 3 rings (SSSR count). The van der Waals surface area contributed by atoms with Gasteiger partial charge in [-0.05, 0) is 17.9 Å². The summed E-state index contributed by atoms with van der Waals surface area (Å²) < 4.78 is 0. The summed E-state index contributed by atoms with van der Waals surface area (Å²) in [5.74, 6) is 0. The second-order valence-electron chi connectivity index (χ2n) is 6.61. The fourth-order valence-corrected chi connectivity index (χ4v) is 3.96. The van der Waals surface area contributed by atoms with Gasteiger partial charge in [-0.25, -0.2) is 0 Å². The summed E-state index contributed by atoms with van der Waals surface area (Å²) in [5, 5.41) is 2.65. The van der Waals surface area contributed by atoms with Crippen LogP contribution < -0.4 is 4.90 Å². The van der Waals surface area contributed by atoms with Crippen LogP contribution in [0.4, 0.5) is 5.69 Å². The summed E-state index contributed by atoms with van der Waals surface area (Å²) in [7, 11) is 0. The Hall–Kier alpha value is -1.41. The summed E-state index contributed by atoms with van der Waals surface area (Å²) in [6, 6.07) is 13.0. The molecule has 0 unspecified atom stereocenters. The van der Waals surface area contributed by atoms with Crippen molar-refractivity contribution in [3.05, 3.63) is 42.0 Å². The molecule has 2 aromatic carbocycles. The summed E-state index contributed by atoms with van der Waals surface area (Å²) in [6.45, 7) is 3.33. The molecular formula is C21H27NS. The molecule has 1 nitrogen and oxygen atoms in total. The quantitative estimate of drug-likeness (QED) is 0.383. The average molecular weight is 326 g/mol. The van der Waals surface area contributed by atoms with Crippen molar-refractivity contribution >= 4 is 33.7 Å². The number of nitrogens with zero attached hydrogens (tertiary/aromatic N) is 1. The minimum Gasteiger partial charge on any atom is -0.332 e. The SMILES string of the molecule is CCCCCCCCCCN1C(=S)c2cccc3cccc1c23. The minimum atomic E-state index is 1.01. The van der Waals surface area contributed by atoms with Crippen molar-refractivity contribution in [2.24, 2.45) is 0 Å². The van der Waals surface area contributed by atoms with Crippen molar-refractivity contribution in [3.63, 3.8) is 0 Å². The highest BCUT2D eigenvalue weighted by molar-refractivity contribution is 7.81. The minimum absolute atomic E-state index is 1.01. The van der Waals surface area contributed by atoms with Crippen LogP contribution in [-0.4, -0.2) is 11.5 Å². The van der Waals surface area contributed by atoms with Crippen molar-refractivity contribution in [2.45, 2.75) is 58.3 Å². The number of hydrogen-bond donors (Lipinski definition) is 0. The van der Waals surface area contributed by atoms with Gasteiger partial charge in [-0.1, -0.05) is 94.4 Å². The Morgan fingerprint density at radius 3 is 2.22 bits per heavy atom. The highest BCUT2D eigenvalue weighted by atomic mass is 32.1. The molecule has 0 aliphatic carbocycles. The second-order valence-corrected chi connectivity index (χ2v) is 7.00. The van der Waals surface area contributed by atoms with E-state index in [0.29, 0.717) is 0 Å². The van der Waals surface area contributed by atoms with E-state index in [0.717, 1.165) is 11.5 Å². The molecule has 23 heavy (non-hydrogen) atoms. The summed E-state index contributed by atoms with van der Waals surface area (Å²) in [4.78, 5) is 3.36. The largest absolute Gasteiger partial charge is 0.332 e. The van der Waals surface area contributed by atoms with Crippen molar-refractivity contribution in [2.75, 3.05) is 11.4 Å². The van der Waals surface area contributed by atoms with Gasteiger partial charge in [-0.3, -0.25) is 0 Å². The number of anilines is 1. The average Bonchev–Trinajstić information content (AvgIpc) is 2.85. The van der Waals surface area contributed by atoms with Crippen LogP contribution in [0.2, 0.25) is 0 Å². The Morgan fingerprint density at radius 1 is 0.826 bits per heavy atom. The van der Waals surface area contributed by atoms with E-state index in [1.807, 2.05) is 0 Å². The van der Waals surface area contributed by atoms with E-state index < -0.39 is 0 Å². The van der Waals surface area contributed by atoms with Crippen LogP contribution in [0.3, 0.4) is 0 Å². The molecule has 0 saturated heterocycles. The van der Waals surface area contributed by atoms with Gasteiger partial charge < -0.3 is 4.90 Å².